The van der Waals surface area contributed by atoms with Crippen molar-refractivity contribution >= 4 is 11.4 Å². The summed E-state index contributed by atoms with van der Waals surface area (Å²) in [6.45, 7) is 10.2. The molecule has 18 heavy (non-hydrogen) atoms. The molecule has 0 bridgehead atoms. The van der Waals surface area contributed by atoms with Crippen LogP contribution < -0.4 is 4.90 Å². The minimum Gasteiger partial charge on any atom is -0.329 e. The fourth-order valence-electron chi connectivity index (χ4n) is 2.60. The zero-order valence-electron chi connectivity index (χ0n) is 11.1. The highest BCUT2D eigenvalue weighted by Gasteiger charge is 2.36. The van der Waals surface area contributed by atoms with Gasteiger partial charge in [0, 0.05) is 16.8 Å². The molecule has 2 aromatic carbocycles. The predicted molar refractivity (Wildman–Crippen MR) is 76.0 cm³/mol. The summed E-state index contributed by atoms with van der Waals surface area (Å²) in [4.78, 5) is 2.20. The van der Waals surface area contributed by atoms with E-state index in [1.165, 1.54) is 22.5 Å². The van der Waals surface area contributed by atoms with Gasteiger partial charge in [0.05, 0.1) is 0 Å². The topological polar surface area (TPSA) is 3.24 Å². The molecule has 3 rings (SSSR count). The second-order valence-corrected chi connectivity index (χ2v) is 5.38. The van der Waals surface area contributed by atoms with Crippen molar-refractivity contribution in [1.82, 2.24) is 0 Å². The summed E-state index contributed by atoms with van der Waals surface area (Å²) in [5.41, 5.74) is 5.05. The quantitative estimate of drug-likeness (QED) is 0.705. The highest BCUT2D eigenvalue weighted by molar-refractivity contribution is 5.76. The average molecular weight is 235 g/mol. The van der Waals surface area contributed by atoms with Crippen LogP contribution in [0.1, 0.15) is 25.0 Å². The van der Waals surface area contributed by atoms with E-state index in [1.54, 1.807) is 0 Å². The van der Waals surface area contributed by atoms with Crippen LogP contribution in [0.15, 0.2) is 48.5 Å². The molecule has 1 nitrogen and oxygen atoms in total. The average Bonchev–Trinajstić information content (AvgIpc) is 2.63. The molecule has 1 heteroatoms. The Balaban J connectivity index is 2.15. The van der Waals surface area contributed by atoms with Gasteiger partial charge in [0.2, 0.25) is 0 Å². The third-order valence-corrected chi connectivity index (χ3v) is 3.57. The first-order valence-electron chi connectivity index (χ1n) is 6.33. The number of benzene rings is 2. The molecule has 2 radical (unpaired) electrons. The van der Waals surface area contributed by atoms with Crippen LogP contribution >= 0.6 is 0 Å². The number of aryl methyl sites for hydroxylation is 1. The number of nitrogens with zero attached hydrogens (tertiary/aromatic N) is 1. The van der Waals surface area contributed by atoms with Gasteiger partial charge in [-0.3, -0.25) is 0 Å². The molecule has 1 aliphatic rings. The van der Waals surface area contributed by atoms with E-state index in [9.17, 15) is 0 Å². The Kier molecular flexibility index (Phi) is 2.44. The molecule has 0 atom stereocenters. The van der Waals surface area contributed by atoms with Crippen LogP contribution in [0.25, 0.3) is 0 Å². The van der Waals surface area contributed by atoms with E-state index in [0.29, 0.717) is 0 Å². The van der Waals surface area contributed by atoms with Crippen LogP contribution in [0.2, 0.25) is 0 Å². The first kappa shape index (κ1) is 11.3. The van der Waals surface area contributed by atoms with Gasteiger partial charge in [0.15, 0.2) is 0 Å². The Morgan fingerprint density at radius 3 is 2.22 bits per heavy atom. The summed E-state index contributed by atoms with van der Waals surface area (Å²) in [5.74, 6) is 0. The molecule has 0 N–H and O–H groups in total. The molecule has 0 unspecified atom stereocenters. The second kappa shape index (κ2) is 3.88. The van der Waals surface area contributed by atoms with Crippen LogP contribution in [0, 0.1) is 13.5 Å². The highest BCUT2D eigenvalue weighted by Crippen LogP contribution is 2.47. The molecule has 2 aromatic rings. The van der Waals surface area contributed by atoms with E-state index < -0.39 is 0 Å². The Labute approximate surface area is 109 Å². The van der Waals surface area contributed by atoms with Crippen molar-refractivity contribution in [3.63, 3.8) is 0 Å². The van der Waals surface area contributed by atoms with E-state index >= 15 is 0 Å². The Morgan fingerprint density at radius 2 is 1.50 bits per heavy atom. The van der Waals surface area contributed by atoms with Gasteiger partial charge >= 0.3 is 0 Å². The summed E-state index contributed by atoms with van der Waals surface area (Å²) in [5, 5.41) is 0. The number of rotatable bonds is 1. The summed E-state index contributed by atoms with van der Waals surface area (Å²) >= 11 is 0. The van der Waals surface area contributed by atoms with Crippen molar-refractivity contribution in [1.29, 1.82) is 0 Å². The van der Waals surface area contributed by atoms with Crippen molar-refractivity contribution < 1.29 is 0 Å². The van der Waals surface area contributed by atoms with Gasteiger partial charge in [-0.25, -0.2) is 0 Å². The molecule has 1 aliphatic heterocycles. The molecule has 90 valence electrons. The van der Waals surface area contributed by atoms with Crippen LogP contribution in [0.5, 0.6) is 0 Å². The summed E-state index contributed by atoms with van der Waals surface area (Å²) in [7, 11) is 0. The van der Waals surface area contributed by atoms with Crippen molar-refractivity contribution in [2.75, 3.05) is 4.90 Å². The van der Waals surface area contributed by atoms with Gasteiger partial charge in [0.25, 0.3) is 0 Å². The molecule has 1 heterocycles. The van der Waals surface area contributed by atoms with Gasteiger partial charge in [0.1, 0.15) is 6.54 Å². The molecular formula is C17H17N. The van der Waals surface area contributed by atoms with E-state index in [2.05, 4.69) is 80.7 Å². The lowest BCUT2D eigenvalue weighted by molar-refractivity contribution is 0.636. The summed E-state index contributed by atoms with van der Waals surface area (Å²) in [6.07, 6.45) is 0. The van der Waals surface area contributed by atoms with Crippen LogP contribution in [-0.4, -0.2) is 0 Å². The largest absolute Gasteiger partial charge is 0.329 e. The van der Waals surface area contributed by atoms with Gasteiger partial charge < -0.3 is 4.90 Å². The maximum Gasteiger partial charge on any atom is 0.108 e. The monoisotopic (exact) mass is 235 g/mol. The SMILES string of the molecule is Cc1ccccc1N1[C]C(C)(C)c2ccccc21. The number of hydrogen-bond donors (Lipinski definition) is 0. The smallest absolute Gasteiger partial charge is 0.108 e. The molecule has 0 saturated carbocycles. The molecule has 0 spiro atoms. The van der Waals surface area contributed by atoms with Gasteiger partial charge in [-0.05, 0) is 30.2 Å². The standard InChI is InChI=1S/C17H17N/c1-13-8-4-6-10-15(13)18-12-17(2,3)14-9-5-7-11-16(14)18/h4-11H,1-3H3. The summed E-state index contributed by atoms with van der Waals surface area (Å²) in [6, 6.07) is 17.0. The predicted octanol–water partition coefficient (Wildman–Crippen LogP) is 4.46. The molecule has 0 aliphatic carbocycles. The third kappa shape index (κ3) is 1.62. The van der Waals surface area contributed by atoms with E-state index in [-0.39, 0.29) is 5.41 Å². The Morgan fingerprint density at radius 1 is 0.889 bits per heavy atom. The lowest BCUT2D eigenvalue weighted by Crippen LogP contribution is -2.19. The van der Waals surface area contributed by atoms with Crippen LogP contribution in [0.3, 0.4) is 0 Å². The maximum atomic E-state index is 3.59. The van der Waals surface area contributed by atoms with Crippen molar-refractivity contribution in [2.45, 2.75) is 26.2 Å². The first-order chi connectivity index (χ1) is 8.59. The van der Waals surface area contributed by atoms with Gasteiger partial charge in [-0.1, -0.05) is 50.2 Å². The minimum absolute atomic E-state index is 0.0289. The molecule has 0 saturated heterocycles. The van der Waals surface area contributed by atoms with Crippen LogP contribution in [0.4, 0.5) is 11.4 Å². The lowest BCUT2D eigenvalue weighted by atomic mass is 9.87. The fourth-order valence-corrected chi connectivity index (χ4v) is 2.60. The van der Waals surface area contributed by atoms with Crippen molar-refractivity contribution in [3.8, 4) is 0 Å². The number of anilines is 2. The van der Waals surface area contributed by atoms with Crippen molar-refractivity contribution in [3.05, 3.63) is 66.2 Å². The van der Waals surface area contributed by atoms with Gasteiger partial charge in [-0.15, -0.1) is 0 Å². The normalized spacial score (nSPS) is 16.7. The molecule has 0 amide bonds. The number of fused-ring (bicyclic) bond motifs is 1. The first-order valence-corrected chi connectivity index (χ1v) is 6.33. The summed E-state index contributed by atoms with van der Waals surface area (Å²) < 4.78 is 0. The third-order valence-electron chi connectivity index (χ3n) is 3.57. The second-order valence-electron chi connectivity index (χ2n) is 5.38. The zero-order valence-corrected chi connectivity index (χ0v) is 11.1. The number of para-hydroxylation sites is 2. The zero-order chi connectivity index (χ0) is 12.8. The van der Waals surface area contributed by atoms with E-state index in [0.717, 1.165) is 0 Å². The molecule has 0 fully saturated rings. The van der Waals surface area contributed by atoms with Crippen molar-refractivity contribution in [2.24, 2.45) is 0 Å². The van der Waals surface area contributed by atoms with Gasteiger partial charge in [-0.2, -0.15) is 0 Å². The Bertz CT molecular complexity index is 584. The fraction of sp³-hybridized carbons (Fsp3) is 0.235. The minimum atomic E-state index is -0.0289. The molecule has 0 aromatic heterocycles. The Hall–Kier alpha value is -1.76. The lowest BCUT2D eigenvalue weighted by Gasteiger charge is -2.22. The highest BCUT2D eigenvalue weighted by atomic mass is 15.2. The molecular weight excluding hydrogens is 218 g/mol. The maximum absolute atomic E-state index is 3.59. The van der Waals surface area contributed by atoms with Crippen LogP contribution in [-0.2, 0) is 5.41 Å². The number of hydrogen-bond acceptors (Lipinski definition) is 1. The van der Waals surface area contributed by atoms with E-state index in [1.807, 2.05) is 0 Å². The van der Waals surface area contributed by atoms with E-state index in [4.69, 9.17) is 0 Å².